The molecule has 4 heteroatoms. The molecule has 0 saturated heterocycles. The van der Waals surface area contributed by atoms with E-state index in [4.69, 9.17) is 9.84 Å². The molecule has 0 radical (unpaired) electrons. The van der Waals surface area contributed by atoms with Gasteiger partial charge in [-0.25, -0.2) is 4.79 Å². The molecule has 0 fully saturated rings. The van der Waals surface area contributed by atoms with Gasteiger partial charge in [-0.2, -0.15) is 0 Å². The lowest BCUT2D eigenvalue weighted by Gasteiger charge is -2.07. The number of aliphatic carboxylic acids is 1. The van der Waals surface area contributed by atoms with Crippen molar-refractivity contribution in [2.45, 2.75) is 13.3 Å². The van der Waals surface area contributed by atoms with Crippen LogP contribution in [0.1, 0.15) is 13.3 Å². The number of hydrogen-bond acceptors (Lipinski definition) is 3. The molecule has 0 heterocycles. The minimum Gasteiger partial charge on any atom is -0.482 e. The molecule has 1 rings (SSSR count). The van der Waals surface area contributed by atoms with E-state index in [1.54, 1.807) is 12.1 Å². The zero-order valence-corrected chi connectivity index (χ0v) is 8.69. The Kier molecular flexibility index (Phi) is 4.47. The minimum atomic E-state index is -0.970. The summed E-state index contributed by atoms with van der Waals surface area (Å²) in [6, 6.07) is 7.27. The van der Waals surface area contributed by atoms with Crippen LogP contribution in [0.15, 0.2) is 24.3 Å². The maximum absolute atomic E-state index is 10.3. The number of rotatable bonds is 6. The highest BCUT2D eigenvalue weighted by Crippen LogP contribution is 2.17. The molecule has 0 unspecified atom stereocenters. The van der Waals surface area contributed by atoms with Crippen molar-refractivity contribution in [2.24, 2.45) is 0 Å². The highest BCUT2D eigenvalue weighted by atomic mass is 16.5. The molecule has 0 aromatic heterocycles. The maximum Gasteiger partial charge on any atom is 0.341 e. The van der Waals surface area contributed by atoms with Crippen molar-refractivity contribution in [1.82, 2.24) is 0 Å². The fourth-order valence-electron chi connectivity index (χ4n) is 1.11. The maximum atomic E-state index is 10.3. The molecule has 0 aliphatic carbocycles. The second-order valence-electron chi connectivity index (χ2n) is 3.14. The molecule has 0 atom stereocenters. The lowest BCUT2D eigenvalue weighted by molar-refractivity contribution is -0.139. The number of carboxylic acid groups (broad SMARTS) is 1. The topological polar surface area (TPSA) is 58.6 Å². The Morgan fingerprint density at radius 2 is 2.33 bits per heavy atom. The molecule has 2 N–H and O–H groups in total. The number of carbonyl (C=O) groups is 1. The number of nitrogens with one attached hydrogen (secondary N) is 1. The number of carboxylic acids is 1. The fourth-order valence-corrected chi connectivity index (χ4v) is 1.11. The predicted octanol–water partition coefficient (Wildman–Crippen LogP) is 1.97. The molecule has 1 aromatic rings. The van der Waals surface area contributed by atoms with Gasteiger partial charge in [0.25, 0.3) is 0 Å². The van der Waals surface area contributed by atoms with E-state index in [9.17, 15) is 4.79 Å². The Morgan fingerprint density at radius 3 is 3.00 bits per heavy atom. The molecule has 0 bridgehead atoms. The first-order valence-corrected chi connectivity index (χ1v) is 4.91. The van der Waals surface area contributed by atoms with Crippen LogP contribution in [-0.2, 0) is 4.79 Å². The van der Waals surface area contributed by atoms with Crippen LogP contribution in [-0.4, -0.2) is 24.2 Å². The third kappa shape index (κ3) is 4.35. The second-order valence-corrected chi connectivity index (χ2v) is 3.14. The summed E-state index contributed by atoms with van der Waals surface area (Å²) >= 11 is 0. The van der Waals surface area contributed by atoms with Crippen molar-refractivity contribution in [3.63, 3.8) is 0 Å². The Balaban J connectivity index is 2.53. The molecule has 4 nitrogen and oxygen atoms in total. The summed E-state index contributed by atoms with van der Waals surface area (Å²) in [6.45, 7) is 2.66. The highest BCUT2D eigenvalue weighted by Gasteiger charge is 1.99. The molecule has 0 spiro atoms. The van der Waals surface area contributed by atoms with Crippen molar-refractivity contribution in [2.75, 3.05) is 18.5 Å². The normalized spacial score (nSPS) is 9.67. The smallest absolute Gasteiger partial charge is 0.341 e. The van der Waals surface area contributed by atoms with Crippen LogP contribution in [0.4, 0.5) is 5.69 Å². The van der Waals surface area contributed by atoms with E-state index < -0.39 is 5.97 Å². The summed E-state index contributed by atoms with van der Waals surface area (Å²) in [5.41, 5.74) is 0.944. The van der Waals surface area contributed by atoms with E-state index in [0.29, 0.717) is 5.75 Å². The molecule has 0 aliphatic rings. The number of anilines is 1. The van der Waals surface area contributed by atoms with E-state index in [1.807, 2.05) is 12.1 Å². The van der Waals surface area contributed by atoms with Gasteiger partial charge in [0.1, 0.15) is 5.75 Å². The monoisotopic (exact) mass is 209 g/mol. The van der Waals surface area contributed by atoms with Crippen LogP contribution in [0.25, 0.3) is 0 Å². The standard InChI is InChI=1S/C11H15NO3/c1-2-6-12-9-4-3-5-10(7-9)15-8-11(13)14/h3-5,7,12H,2,6,8H2,1H3,(H,13,14). The van der Waals surface area contributed by atoms with Crippen LogP contribution in [0.2, 0.25) is 0 Å². The molecule has 0 saturated carbocycles. The largest absolute Gasteiger partial charge is 0.482 e. The second kappa shape index (κ2) is 5.90. The molecule has 15 heavy (non-hydrogen) atoms. The minimum absolute atomic E-state index is 0.308. The SMILES string of the molecule is CCCNc1cccc(OCC(=O)O)c1. The Hall–Kier alpha value is -1.71. The lowest BCUT2D eigenvalue weighted by atomic mass is 10.3. The molecule has 82 valence electrons. The third-order valence-electron chi connectivity index (χ3n) is 1.78. The Bertz CT molecular complexity index is 325. The van der Waals surface area contributed by atoms with Crippen LogP contribution in [0, 0.1) is 0 Å². The zero-order chi connectivity index (χ0) is 11.1. The average molecular weight is 209 g/mol. The number of ether oxygens (including phenoxy) is 1. The van der Waals surface area contributed by atoms with E-state index in [-0.39, 0.29) is 6.61 Å². The lowest BCUT2D eigenvalue weighted by Crippen LogP contribution is -2.09. The third-order valence-corrected chi connectivity index (χ3v) is 1.78. The van der Waals surface area contributed by atoms with Gasteiger partial charge in [0.15, 0.2) is 6.61 Å². The van der Waals surface area contributed by atoms with E-state index >= 15 is 0 Å². The van der Waals surface area contributed by atoms with Crippen LogP contribution >= 0.6 is 0 Å². The summed E-state index contributed by atoms with van der Waals surface area (Å²) in [6.07, 6.45) is 1.04. The Morgan fingerprint density at radius 1 is 1.53 bits per heavy atom. The molecule has 0 aliphatic heterocycles. The number of hydrogen-bond donors (Lipinski definition) is 2. The molecule has 0 amide bonds. The number of benzene rings is 1. The van der Waals surface area contributed by atoms with Crippen molar-refractivity contribution in [3.05, 3.63) is 24.3 Å². The molecule has 1 aromatic carbocycles. The van der Waals surface area contributed by atoms with Crippen molar-refractivity contribution >= 4 is 11.7 Å². The summed E-state index contributed by atoms with van der Waals surface area (Å²) < 4.78 is 5.05. The molecular formula is C11H15NO3. The van der Waals surface area contributed by atoms with Crippen LogP contribution in [0.5, 0.6) is 5.75 Å². The zero-order valence-electron chi connectivity index (χ0n) is 8.69. The van der Waals surface area contributed by atoms with Gasteiger partial charge in [-0.15, -0.1) is 0 Å². The van der Waals surface area contributed by atoms with Gasteiger partial charge in [0.05, 0.1) is 0 Å². The van der Waals surface area contributed by atoms with Crippen molar-refractivity contribution in [1.29, 1.82) is 0 Å². The van der Waals surface area contributed by atoms with Gasteiger partial charge in [0.2, 0.25) is 0 Å². The summed E-state index contributed by atoms with van der Waals surface area (Å²) in [7, 11) is 0. The first-order chi connectivity index (χ1) is 7.22. The van der Waals surface area contributed by atoms with Gasteiger partial charge in [-0.3, -0.25) is 0 Å². The van der Waals surface area contributed by atoms with Crippen LogP contribution < -0.4 is 10.1 Å². The first kappa shape index (κ1) is 11.4. The summed E-state index contributed by atoms with van der Waals surface area (Å²) in [4.78, 5) is 10.3. The van der Waals surface area contributed by atoms with Gasteiger partial charge in [-0.05, 0) is 18.6 Å². The van der Waals surface area contributed by atoms with Crippen molar-refractivity contribution < 1.29 is 14.6 Å². The first-order valence-electron chi connectivity index (χ1n) is 4.91. The highest BCUT2D eigenvalue weighted by molar-refractivity contribution is 5.68. The van der Waals surface area contributed by atoms with E-state index in [1.165, 1.54) is 0 Å². The summed E-state index contributed by atoms with van der Waals surface area (Å²) in [5, 5.41) is 11.6. The molecular weight excluding hydrogens is 194 g/mol. The van der Waals surface area contributed by atoms with E-state index in [0.717, 1.165) is 18.7 Å². The predicted molar refractivity (Wildman–Crippen MR) is 58.4 cm³/mol. The van der Waals surface area contributed by atoms with Gasteiger partial charge < -0.3 is 15.2 Å². The quantitative estimate of drug-likeness (QED) is 0.752. The van der Waals surface area contributed by atoms with Gasteiger partial charge in [-0.1, -0.05) is 13.0 Å². The van der Waals surface area contributed by atoms with Gasteiger partial charge >= 0.3 is 5.97 Å². The van der Waals surface area contributed by atoms with E-state index in [2.05, 4.69) is 12.2 Å². The van der Waals surface area contributed by atoms with Gasteiger partial charge in [0, 0.05) is 18.3 Å². The summed E-state index contributed by atoms with van der Waals surface area (Å²) in [5.74, 6) is -0.402. The van der Waals surface area contributed by atoms with Crippen molar-refractivity contribution in [3.8, 4) is 5.75 Å². The van der Waals surface area contributed by atoms with Crippen LogP contribution in [0.3, 0.4) is 0 Å². The fraction of sp³-hybridized carbons (Fsp3) is 0.364. The Labute approximate surface area is 88.9 Å². The average Bonchev–Trinajstić information content (AvgIpc) is 2.24.